The molecule has 43 heavy (non-hydrogen) atoms. The summed E-state index contributed by atoms with van der Waals surface area (Å²) in [7, 11) is 2.15. The van der Waals surface area contributed by atoms with E-state index in [9.17, 15) is 14.4 Å². The van der Waals surface area contributed by atoms with Crippen LogP contribution in [0.3, 0.4) is 0 Å². The molecule has 1 aromatic carbocycles. The van der Waals surface area contributed by atoms with Crippen molar-refractivity contribution in [3.63, 3.8) is 0 Å². The molecule has 3 N–H and O–H groups in total. The molecular weight excluding hydrogens is 542 g/mol. The molecule has 2 aliphatic heterocycles. The number of aromatic amines is 1. The molecule has 2 saturated heterocycles. The molecule has 1 atom stereocenters. The third-order valence-corrected chi connectivity index (χ3v) is 7.91. The highest BCUT2D eigenvalue weighted by Crippen LogP contribution is 2.32. The predicted molar refractivity (Wildman–Crippen MR) is 165 cm³/mol. The number of pyridine rings is 2. The topological polar surface area (TPSA) is 123 Å². The minimum Gasteiger partial charge on any atom is -0.357 e. The number of anilines is 2. The van der Waals surface area contributed by atoms with Gasteiger partial charge >= 0.3 is 6.03 Å². The summed E-state index contributed by atoms with van der Waals surface area (Å²) in [5, 5.41) is 6.26. The van der Waals surface area contributed by atoms with Crippen molar-refractivity contribution in [2.45, 2.75) is 44.6 Å². The van der Waals surface area contributed by atoms with Crippen molar-refractivity contribution in [1.82, 2.24) is 25.2 Å². The van der Waals surface area contributed by atoms with Gasteiger partial charge in [0.05, 0.1) is 5.52 Å². The number of nitrogens with one attached hydrogen (secondary N) is 3. The van der Waals surface area contributed by atoms with Gasteiger partial charge in [0.2, 0.25) is 5.91 Å². The number of hydrogen-bond donors (Lipinski definition) is 3. The monoisotopic (exact) mass is 575 g/mol. The minimum atomic E-state index is -0.465. The van der Waals surface area contributed by atoms with Crippen LogP contribution >= 0.6 is 0 Å². The van der Waals surface area contributed by atoms with Gasteiger partial charge < -0.3 is 10.3 Å². The van der Waals surface area contributed by atoms with Gasteiger partial charge in [0, 0.05) is 54.3 Å². The fraction of sp³-hybridized carbons (Fsp3) is 0.303. The Balaban J connectivity index is 0.993. The van der Waals surface area contributed by atoms with Crippen LogP contribution in [0.2, 0.25) is 0 Å². The molecule has 218 valence electrons. The zero-order valence-corrected chi connectivity index (χ0v) is 24.0. The summed E-state index contributed by atoms with van der Waals surface area (Å²) in [6, 6.07) is 16.9. The van der Waals surface area contributed by atoms with E-state index in [1.165, 1.54) is 17.0 Å². The van der Waals surface area contributed by atoms with E-state index in [1.807, 2.05) is 30.3 Å². The molecule has 0 spiro atoms. The van der Waals surface area contributed by atoms with Gasteiger partial charge in [-0.05, 0) is 81.1 Å². The molecule has 0 radical (unpaired) electrons. The van der Waals surface area contributed by atoms with Crippen molar-refractivity contribution in [2.24, 2.45) is 0 Å². The quantitative estimate of drug-likeness (QED) is 0.215. The Kier molecular flexibility index (Phi) is 8.16. The van der Waals surface area contributed by atoms with Crippen molar-refractivity contribution < 1.29 is 14.4 Å². The average molecular weight is 576 g/mol. The summed E-state index contributed by atoms with van der Waals surface area (Å²) in [5.74, 6) is 6.72. The normalized spacial score (nSPS) is 17.0. The number of carbonyl (C=O) groups is 3. The molecule has 4 amide bonds. The number of H-pyrrole nitrogens is 1. The molecule has 6 rings (SSSR count). The number of urea groups is 1. The number of amides is 4. The van der Waals surface area contributed by atoms with Crippen LogP contribution in [0.1, 0.15) is 65.5 Å². The van der Waals surface area contributed by atoms with Crippen molar-refractivity contribution in [3.05, 3.63) is 83.3 Å². The van der Waals surface area contributed by atoms with Gasteiger partial charge in [0.1, 0.15) is 17.3 Å². The Bertz CT molecular complexity index is 1730. The van der Waals surface area contributed by atoms with E-state index in [0.717, 1.165) is 42.3 Å². The average Bonchev–Trinajstić information content (AvgIpc) is 3.63. The molecule has 0 unspecified atom stereocenters. The Hall–Kier alpha value is -5.01. The van der Waals surface area contributed by atoms with Crippen LogP contribution in [-0.4, -0.2) is 57.8 Å². The van der Waals surface area contributed by atoms with Gasteiger partial charge in [-0.1, -0.05) is 24.1 Å². The number of likely N-dealkylation sites (tertiary alicyclic amines) is 1. The highest BCUT2D eigenvalue weighted by molar-refractivity contribution is 6.05. The lowest BCUT2D eigenvalue weighted by atomic mass is 10.1. The second kappa shape index (κ2) is 12.5. The summed E-state index contributed by atoms with van der Waals surface area (Å²) in [4.78, 5) is 52.6. The Morgan fingerprint density at radius 2 is 1.98 bits per heavy atom. The summed E-state index contributed by atoms with van der Waals surface area (Å²) >= 11 is 0. The van der Waals surface area contributed by atoms with E-state index in [2.05, 4.69) is 55.4 Å². The number of hydrogen-bond acceptors (Lipinski definition) is 6. The number of benzene rings is 1. The predicted octanol–water partition coefficient (Wildman–Crippen LogP) is 4.80. The fourth-order valence-corrected chi connectivity index (χ4v) is 5.57. The van der Waals surface area contributed by atoms with Crippen LogP contribution in [0.4, 0.5) is 16.4 Å². The largest absolute Gasteiger partial charge is 0.357 e. The second-order valence-corrected chi connectivity index (χ2v) is 11.0. The number of carbonyl (C=O) groups excluding carboxylic acids is 3. The molecular formula is C33H33N7O3. The molecule has 10 nitrogen and oxygen atoms in total. The van der Waals surface area contributed by atoms with Gasteiger partial charge in [-0.2, -0.15) is 0 Å². The van der Waals surface area contributed by atoms with Gasteiger partial charge in [0.15, 0.2) is 0 Å². The molecule has 3 aromatic heterocycles. The third-order valence-electron chi connectivity index (χ3n) is 7.91. The van der Waals surface area contributed by atoms with E-state index in [1.54, 1.807) is 24.4 Å². The fourth-order valence-electron chi connectivity index (χ4n) is 5.57. The highest BCUT2D eigenvalue weighted by atomic mass is 16.2. The maximum Gasteiger partial charge on any atom is 0.329 e. The first-order chi connectivity index (χ1) is 20.9. The van der Waals surface area contributed by atoms with E-state index in [0.29, 0.717) is 41.9 Å². The lowest BCUT2D eigenvalue weighted by molar-refractivity contribution is -0.120. The van der Waals surface area contributed by atoms with E-state index in [-0.39, 0.29) is 18.2 Å². The molecule has 5 heterocycles. The summed E-state index contributed by atoms with van der Waals surface area (Å²) in [5.41, 5.74) is 4.43. The molecule has 2 aliphatic rings. The number of aryl methyl sites for hydroxylation is 1. The number of unbranched alkanes of at least 4 members (excludes halogenated alkanes) is 1. The minimum absolute atomic E-state index is 0.199. The van der Waals surface area contributed by atoms with Crippen LogP contribution in [0.15, 0.2) is 60.8 Å². The van der Waals surface area contributed by atoms with E-state index >= 15 is 0 Å². The van der Waals surface area contributed by atoms with Gasteiger partial charge in [-0.15, -0.1) is 0 Å². The summed E-state index contributed by atoms with van der Waals surface area (Å²) < 4.78 is 0. The molecule has 4 aromatic rings. The van der Waals surface area contributed by atoms with E-state index < -0.39 is 6.03 Å². The lowest BCUT2D eigenvalue weighted by Gasteiger charge is -2.25. The first-order valence-electron chi connectivity index (χ1n) is 14.6. The summed E-state index contributed by atoms with van der Waals surface area (Å²) in [6.07, 6.45) is 6.75. The molecule has 0 saturated carbocycles. The first kappa shape index (κ1) is 28.1. The van der Waals surface area contributed by atoms with Crippen LogP contribution in [0, 0.1) is 11.8 Å². The first-order valence-corrected chi connectivity index (χ1v) is 14.6. The number of aromatic nitrogens is 3. The van der Waals surface area contributed by atoms with Crippen molar-refractivity contribution in [3.8, 4) is 11.8 Å². The maximum absolute atomic E-state index is 12.9. The van der Waals surface area contributed by atoms with Gasteiger partial charge in [0.25, 0.3) is 5.91 Å². The van der Waals surface area contributed by atoms with E-state index in [4.69, 9.17) is 0 Å². The number of rotatable bonds is 7. The number of fused-ring (bicyclic) bond motifs is 1. The van der Waals surface area contributed by atoms with Crippen LogP contribution in [0.25, 0.3) is 10.9 Å². The zero-order valence-electron chi connectivity index (χ0n) is 24.0. The lowest BCUT2D eigenvalue weighted by Crippen LogP contribution is -2.49. The third kappa shape index (κ3) is 6.58. The second-order valence-electron chi connectivity index (χ2n) is 11.0. The van der Waals surface area contributed by atoms with Crippen molar-refractivity contribution in [2.75, 3.05) is 30.4 Å². The molecule has 2 fully saturated rings. The molecule has 0 bridgehead atoms. The number of nitrogens with zero attached hydrogens (tertiary/aromatic N) is 4. The van der Waals surface area contributed by atoms with Gasteiger partial charge in [-0.3, -0.25) is 24.7 Å². The Labute approximate surface area is 249 Å². The molecule has 0 aliphatic carbocycles. The standard InChI is InChI=1S/C33H33N7O3/c1-39-17-6-10-28(39)27-19-24-21-34-29(20-26(24)36-27)37-32(42)23-14-12-22(13-15-23)7-3-2-4-8-25-9-5-11-30(35-25)40-18-16-31(41)38-33(40)43/h5,9,11-15,19-21,28,36H,2-3,6-7,10,16-18H2,1H3,(H,34,37,42)(H,38,41,43)/t28-/m1/s1. The van der Waals surface area contributed by atoms with Gasteiger partial charge in [-0.25, -0.2) is 14.8 Å². The Morgan fingerprint density at radius 1 is 1.12 bits per heavy atom. The maximum atomic E-state index is 12.9. The smallest absolute Gasteiger partial charge is 0.329 e. The molecule has 10 heteroatoms. The highest BCUT2D eigenvalue weighted by Gasteiger charge is 2.25. The SMILES string of the molecule is CN1CCC[C@@H]1c1cc2cnc(NC(=O)c3ccc(CCCC#Cc4cccc(N5CCC(=O)NC5=O)n4)cc3)cc2[nH]1. The zero-order chi connectivity index (χ0) is 29.8. The van der Waals surface area contributed by atoms with Crippen molar-refractivity contribution >= 4 is 40.4 Å². The number of imide groups is 1. The van der Waals surface area contributed by atoms with Crippen molar-refractivity contribution in [1.29, 1.82) is 0 Å². The Morgan fingerprint density at radius 3 is 2.77 bits per heavy atom. The summed E-state index contributed by atoms with van der Waals surface area (Å²) in [6.45, 7) is 1.40. The van der Waals surface area contributed by atoms with Crippen LogP contribution in [-0.2, 0) is 11.2 Å². The van der Waals surface area contributed by atoms with Crippen LogP contribution < -0.4 is 15.5 Å². The van der Waals surface area contributed by atoms with Crippen LogP contribution in [0.5, 0.6) is 0 Å².